The summed E-state index contributed by atoms with van der Waals surface area (Å²) >= 11 is 6.44. The van der Waals surface area contributed by atoms with Crippen LogP contribution in [0.4, 0.5) is 11.4 Å². The molecule has 7 heteroatoms. The number of nitriles is 1. The van der Waals surface area contributed by atoms with E-state index in [1.165, 1.54) is 25.9 Å². The minimum absolute atomic E-state index is 0.450. The normalized spacial score (nSPS) is 23.6. The molecule has 5 nitrogen and oxygen atoms in total. The first-order valence-corrected chi connectivity index (χ1v) is 9.59. The maximum atomic E-state index is 9.11. The zero-order valence-corrected chi connectivity index (χ0v) is 16.0. The van der Waals surface area contributed by atoms with Crippen LogP contribution < -0.4 is 10.6 Å². The molecule has 134 valence electrons. The van der Waals surface area contributed by atoms with Crippen molar-refractivity contribution in [2.45, 2.75) is 38.3 Å². The van der Waals surface area contributed by atoms with Crippen LogP contribution in [0, 0.1) is 11.3 Å². The average molecular weight is 360 g/mol. The van der Waals surface area contributed by atoms with Gasteiger partial charge >= 0.3 is 0 Å². The lowest BCUT2D eigenvalue weighted by Gasteiger charge is -2.48. The second-order valence-corrected chi connectivity index (χ2v) is 7.69. The molecule has 2 N–H and O–H groups in total. The zero-order valence-electron chi connectivity index (χ0n) is 15.2. The fourth-order valence-corrected chi connectivity index (χ4v) is 4.46. The van der Waals surface area contributed by atoms with E-state index >= 15 is 0 Å². The Bertz CT molecular complexity index is 654. The first-order chi connectivity index (χ1) is 12.0. The molecule has 0 bridgehead atoms. The highest BCUT2D eigenvalue weighted by molar-refractivity contribution is 6.33. The van der Waals surface area contributed by atoms with Gasteiger partial charge in [0.15, 0.2) is 7.98 Å². The number of hydrogen-bond donors (Lipinski definition) is 1. The molecule has 2 aliphatic heterocycles. The summed E-state index contributed by atoms with van der Waals surface area (Å²) < 4.78 is 0. The third-order valence-corrected chi connectivity index (χ3v) is 6.04. The fraction of sp³-hybridized carbons (Fsp3) is 0.611. The van der Waals surface area contributed by atoms with Gasteiger partial charge in [-0.2, -0.15) is 5.26 Å². The van der Waals surface area contributed by atoms with Crippen LogP contribution in [0.25, 0.3) is 0 Å². The van der Waals surface area contributed by atoms with E-state index in [0.717, 1.165) is 31.7 Å². The number of benzene rings is 1. The molecular formula is C18H27BClN5. The quantitative estimate of drug-likeness (QED) is 0.657. The van der Waals surface area contributed by atoms with Gasteiger partial charge in [0, 0.05) is 31.7 Å². The number of rotatable bonds is 3. The summed E-state index contributed by atoms with van der Waals surface area (Å²) in [6.45, 7) is 7.63. The Hall–Kier alpha value is -1.42. The average Bonchev–Trinajstić information content (AvgIpc) is 2.63. The van der Waals surface area contributed by atoms with Gasteiger partial charge in [-0.25, -0.2) is 0 Å². The molecule has 2 aliphatic rings. The third-order valence-electron chi connectivity index (χ3n) is 5.74. The van der Waals surface area contributed by atoms with E-state index in [4.69, 9.17) is 22.6 Å². The van der Waals surface area contributed by atoms with Crippen molar-refractivity contribution in [2.24, 2.45) is 0 Å². The molecule has 0 saturated carbocycles. The number of piperazine rings is 1. The van der Waals surface area contributed by atoms with Gasteiger partial charge < -0.3 is 15.4 Å². The van der Waals surface area contributed by atoms with Crippen molar-refractivity contribution in [1.82, 2.24) is 9.71 Å². The Morgan fingerprint density at radius 1 is 1.28 bits per heavy atom. The maximum Gasteiger partial charge on any atom is 0.185 e. The number of nitrogens with zero attached hydrogens (tertiary/aromatic N) is 4. The number of hydrogen-bond acceptors (Lipinski definition) is 5. The summed E-state index contributed by atoms with van der Waals surface area (Å²) in [5, 5.41) is 9.73. The molecule has 0 radical (unpaired) electrons. The molecule has 1 atom stereocenters. The predicted octanol–water partition coefficient (Wildman–Crippen LogP) is 1.71. The summed E-state index contributed by atoms with van der Waals surface area (Å²) in [5.41, 5.74) is 7.92. The van der Waals surface area contributed by atoms with Crippen molar-refractivity contribution in [1.29, 1.82) is 5.26 Å². The van der Waals surface area contributed by atoms with Crippen molar-refractivity contribution in [3.63, 3.8) is 0 Å². The molecule has 2 heterocycles. The Morgan fingerprint density at radius 3 is 2.64 bits per heavy atom. The van der Waals surface area contributed by atoms with Gasteiger partial charge in [-0.15, -0.1) is 0 Å². The fourth-order valence-electron chi connectivity index (χ4n) is 4.18. The van der Waals surface area contributed by atoms with Crippen LogP contribution in [0.2, 0.25) is 5.02 Å². The van der Waals surface area contributed by atoms with Gasteiger partial charge in [0.05, 0.1) is 22.0 Å². The topological polar surface area (TPSA) is 59.5 Å². The maximum absolute atomic E-state index is 9.11. The second-order valence-electron chi connectivity index (χ2n) is 7.28. The first kappa shape index (κ1) is 18.4. The van der Waals surface area contributed by atoms with Gasteiger partial charge in [-0.3, -0.25) is 4.90 Å². The number of nitrogens with two attached hydrogens (primary N) is 1. The molecule has 1 aromatic rings. The summed E-state index contributed by atoms with van der Waals surface area (Å²) in [5.74, 6) is 0. The third kappa shape index (κ3) is 3.89. The zero-order chi connectivity index (χ0) is 18.0. The second kappa shape index (κ2) is 7.86. The molecule has 0 spiro atoms. The van der Waals surface area contributed by atoms with Crippen LogP contribution in [0.1, 0.15) is 31.7 Å². The largest absolute Gasteiger partial charge is 0.398 e. The SMILES string of the molecule is BN1CCC(N2CCN(c3cc(N)c(C#N)cc3Cl)C[C@@H]2CC)CC1. The van der Waals surface area contributed by atoms with Gasteiger partial charge in [0.25, 0.3) is 0 Å². The minimum atomic E-state index is 0.450. The van der Waals surface area contributed by atoms with Crippen molar-refractivity contribution in [3.05, 3.63) is 22.7 Å². The molecule has 0 unspecified atom stereocenters. The number of piperidine rings is 1. The smallest absolute Gasteiger partial charge is 0.185 e. The van der Waals surface area contributed by atoms with Crippen LogP contribution in [0.15, 0.2) is 12.1 Å². The van der Waals surface area contributed by atoms with Crippen LogP contribution in [-0.2, 0) is 0 Å². The Kier molecular flexibility index (Phi) is 5.78. The van der Waals surface area contributed by atoms with Crippen LogP contribution in [0.5, 0.6) is 0 Å². The lowest BCUT2D eigenvalue weighted by molar-refractivity contribution is 0.0812. The number of halogens is 1. The van der Waals surface area contributed by atoms with Crippen LogP contribution in [-0.4, -0.2) is 62.5 Å². The Balaban J connectivity index is 1.73. The first-order valence-electron chi connectivity index (χ1n) is 9.21. The minimum Gasteiger partial charge on any atom is -0.398 e. The number of nitrogen functional groups attached to an aromatic ring is 1. The predicted molar refractivity (Wildman–Crippen MR) is 107 cm³/mol. The summed E-state index contributed by atoms with van der Waals surface area (Å²) in [6, 6.07) is 6.89. The van der Waals surface area contributed by atoms with E-state index in [-0.39, 0.29) is 0 Å². The molecule has 25 heavy (non-hydrogen) atoms. The molecule has 0 amide bonds. The highest BCUT2D eigenvalue weighted by Gasteiger charge is 2.33. The number of anilines is 2. The van der Waals surface area contributed by atoms with E-state index in [1.54, 1.807) is 6.07 Å². The van der Waals surface area contributed by atoms with Gasteiger partial charge in [0.2, 0.25) is 0 Å². The highest BCUT2D eigenvalue weighted by atomic mass is 35.5. The van der Waals surface area contributed by atoms with Crippen molar-refractivity contribution < 1.29 is 0 Å². The molecule has 0 aliphatic carbocycles. The van der Waals surface area contributed by atoms with Gasteiger partial charge in [0.1, 0.15) is 6.07 Å². The Morgan fingerprint density at radius 2 is 2.00 bits per heavy atom. The van der Waals surface area contributed by atoms with Gasteiger partial charge in [-0.05, 0) is 44.5 Å². The summed E-state index contributed by atoms with van der Waals surface area (Å²) in [7, 11) is 2.21. The van der Waals surface area contributed by atoms with Crippen LogP contribution in [0.3, 0.4) is 0 Å². The van der Waals surface area contributed by atoms with Crippen LogP contribution >= 0.6 is 11.6 Å². The molecule has 2 fully saturated rings. The molecule has 0 aromatic heterocycles. The Labute approximate surface area is 156 Å². The van der Waals surface area contributed by atoms with Crippen molar-refractivity contribution in [3.8, 4) is 6.07 Å². The van der Waals surface area contributed by atoms with E-state index < -0.39 is 0 Å². The van der Waals surface area contributed by atoms with E-state index in [0.29, 0.717) is 28.4 Å². The lowest BCUT2D eigenvalue weighted by Crippen LogP contribution is -2.58. The van der Waals surface area contributed by atoms with Gasteiger partial charge in [-0.1, -0.05) is 18.5 Å². The summed E-state index contributed by atoms with van der Waals surface area (Å²) in [4.78, 5) is 7.47. The molecule has 2 saturated heterocycles. The van der Waals surface area contributed by atoms with E-state index in [1.807, 2.05) is 6.07 Å². The molecule has 3 rings (SSSR count). The van der Waals surface area contributed by atoms with E-state index in [2.05, 4.69) is 35.6 Å². The van der Waals surface area contributed by atoms with Crippen molar-refractivity contribution >= 4 is 31.0 Å². The highest BCUT2D eigenvalue weighted by Crippen LogP contribution is 2.33. The standard InChI is InChI=1S/C18H27BClN5/c1-2-14-12-23(18-10-17(22)13(11-21)9-16(18)20)7-8-25(14)15-3-5-24(19)6-4-15/h9-10,14-15H,2-8,12,19,22H2,1H3/t14-/m0/s1. The monoisotopic (exact) mass is 359 g/mol. The molecular weight excluding hydrogens is 332 g/mol. The molecule has 1 aromatic carbocycles. The van der Waals surface area contributed by atoms with Crippen molar-refractivity contribution in [2.75, 3.05) is 43.4 Å². The summed E-state index contributed by atoms with van der Waals surface area (Å²) in [6.07, 6.45) is 3.65. The lowest BCUT2D eigenvalue weighted by atomic mass is 9.96. The van der Waals surface area contributed by atoms with E-state index in [9.17, 15) is 0 Å².